The van der Waals surface area contributed by atoms with Crippen LogP contribution in [0.25, 0.3) is 10.9 Å². The van der Waals surface area contributed by atoms with Crippen molar-refractivity contribution in [2.24, 2.45) is 0 Å². The van der Waals surface area contributed by atoms with Crippen molar-refractivity contribution in [2.45, 2.75) is 6.18 Å². The second kappa shape index (κ2) is 6.41. The molecule has 108 valence electrons. The molecule has 0 unspecified atom stereocenters. The van der Waals surface area contributed by atoms with Crippen molar-refractivity contribution >= 4 is 32.5 Å². The molecule has 0 aliphatic heterocycles. The number of pyridine rings is 1. The zero-order valence-electron chi connectivity index (χ0n) is 10.4. The number of fused-ring (bicyclic) bond motifs is 1. The highest BCUT2D eigenvalue weighted by atomic mass is 79.9. The van der Waals surface area contributed by atoms with Gasteiger partial charge in [-0.15, -0.1) is 0 Å². The lowest BCUT2D eigenvalue weighted by molar-refractivity contribution is -0.172. The lowest BCUT2D eigenvalue weighted by atomic mass is 10.2. The minimum Gasteiger partial charge on any atom is -0.381 e. The van der Waals surface area contributed by atoms with Crippen molar-refractivity contribution in [1.29, 1.82) is 0 Å². The third-order valence-electron chi connectivity index (χ3n) is 2.51. The van der Waals surface area contributed by atoms with E-state index in [4.69, 9.17) is 0 Å². The number of alkyl halides is 3. The first-order valence-electron chi connectivity index (χ1n) is 5.88. The van der Waals surface area contributed by atoms with Crippen LogP contribution in [0.3, 0.4) is 0 Å². The number of ether oxygens (including phenoxy) is 1. The number of hydrogen-bond donors (Lipinski definition) is 1. The van der Waals surface area contributed by atoms with Gasteiger partial charge in [0.25, 0.3) is 0 Å². The van der Waals surface area contributed by atoms with Crippen LogP contribution in [0.15, 0.2) is 34.9 Å². The molecule has 0 amide bonds. The number of halogens is 4. The van der Waals surface area contributed by atoms with E-state index in [1.807, 2.05) is 24.3 Å². The van der Waals surface area contributed by atoms with Crippen LogP contribution in [0.1, 0.15) is 0 Å². The summed E-state index contributed by atoms with van der Waals surface area (Å²) in [6.07, 6.45) is -2.61. The summed E-state index contributed by atoms with van der Waals surface area (Å²) in [4.78, 5) is 4.29. The van der Waals surface area contributed by atoms with Gasteiger partial charge in [0, 0.05) is 22.6 Å². The quantitative estimate of drug-likeness (QED) is 0.829. The van der Waals surface area contributed by atoms with E-state index in [2.05, 4.69) is 31.0 Å². The van der Waals surface area contributed by atoms with Crippen LogP contribution < -0.4 is 5.32 Å². The molecule has 0 fully saturated rings. The molecule has 3 nitrogen and oxygen atoms in total. The van der Waals surface area contributed by atoms with Gasteiger partial charge in [-0.05, 0) is 28.1 Å². The number of rotatable bonds is 5. The van der Waals surface area contributed by atoms with E-state index in [1.54, 1.807) is 6.20 Å². The van der Waals surface area contributed by atoms with E-state index in [1.165, 1.54) is 0 Å². The Hall–Kier alpha value is -1.34. The van der Waals surface area contributed by atoms with Gasteiger partial charge in [-0.2, -0.15) is 13.2 Å². The molecule has 0 atom stereocenters. The van der Waals surface area contributed by atoms with Crippen LogP contribution in [0.2, 0.25) is 0 Å². The standard InChI is InChI=1S/C13H12BrF3N2O/c14-10-6-9-2-1-3-11(12(9)19-7-10)18-4-5-20-8-13(15,16)17/h1-3,6-7,18H,4-5,8H2. The summed E-state index contributed by atoms with van der Waals surface area (Å²) in [5.74, 6) is 0. The highest BCUT2D eigenvalue weighted by molar-refractivity contribution is 9.10. The Morgan fingerprint density at radius 1 is 1.30 bits per heavy atom. The fourth-order valence-corrected chi connectivity index (χ4v) is 2.07. The van der Waals surface area contributed by atoms with Gasteiger partial charge in [0.05, 0.1) is 17.8 Å². The van der Waals surface area contributed by atoms with Crippen molar-refractivity contribution in [1.82, 2.24) is 4.98 Å². The fraction of sp³-hybridized carbons (Fsp3) is 0.308. The fourth-order valence-electron chi connectivity index (χ4n) is 1.72. The van der Waals surface area contributed by atoms with Crippen LogP contribution in [0, 0.1) is 0 Å². The van der Waals surface area contributed by atoms with E-state index in [0.29, 0.717) is 0 Å². The topological polar surface area (TPSA) is 34.1 Å². The third kappa shape index (κ3) is 4.35. The van der Waals surface area contributed by atoms with Gasteiger partial charge in [0.2, 0.25) is 0 Å². The molecule has 7 heteroatoms. The molecule has 1 heterocycles. The van der Waals surface area contributed by atoms with Gasteiger partial charge in [-0.25, -0.2) is 0 Å². The monoisotopic (exact) mass is 348 g/mol. The molecule has 2 aromatic rings. The van der Waals surface area contributed by atoms with Crippen LogP contribution in [0.5, 0.6) is 0 Å². The van der Waals surface area contributed by atoms with E-state index >= 15 is 0 Å². The number of para-hydroxylation sites is 1. The van der Waals surface area contributed by atoms with Gasteiger partial charge in [-0.1, -0.05) is 12.1 Å². The lowest BCUT2D eigenvalue weighted by Crippen LogP contribution is -2.20. The van der Waals surface area contributed by atoms with Crippen molar-refractivity contribution in [3.05, 3.63) is 34.9 Å². The Kier molecular flexibility index (Phi) is 4.82. The molecule has 0 radical (unpaired) electrons. The highest BCUT2D eigenvalue weighted by Crippen LogP contribution is 2.23. The van der Waals surface area contributed by atoms with Gasteiger partial charge in [-0.3, -0.25) is 4.98 Å². The maximum Gasteiger partial charge on any atom is 0.411 e. The second-order valence-corrected chi connectivity index (χ2v) is 5.04. The van der Waals surface area contributed by atoms with Crippen molar-refractivity contribution in [3.63, 3.8) is 0 Å². The maximum absolute atomic E-state index is 11.9. The first-order valence-corrected chi connectivity index (χ1v) is 6.68. The van der Waals surface area contributed by atoms with E-state index < -0.39 is 12.8 Å². The van der Waals surface area contributed by atoms with Gasteiger partial charge in [0.15, 0.2) is 0 Å². The number of nitrogens with one attached hydrogen (secondary N) is 1. The molecular formula is C13H12BrF3N2O. The molecule has 20 heavy (non-hydrogen) atoms. The third-order valence-corrected chi connectivity index (χ3v) is 2.94. The lowest BCUT2D eigenvalue weighted by Gasteiger charge is -2.10. The number of anilines is 1. The zero-order valence-corrected chi connectivity index (χ0v) is 12.0. The summed E-state index contributed by atoms with van der Waals surface area (Å²) in [5, 5.41) is 3.97. The van der Waals surface area contributed by atoms with E-state index in [0.717, 1.165) is 21.1 Å². The Morgan fingerprint density at radius 3 is 2.85 bits per heavy atom. The summed E-state index contributed by atoms with van der Waals surface area (Å²) < 4.78 is 41.1. The summed E-state index contributed by atoms with van der Waals surface area (Å²) in [5.41, 5.74) is 1.54. The number of hydrogen-bond acceptors (Lipinski definition) is 3. The highest BCUT2D eigenvalue weighted by Gasteiger charge is 2.27. The molecule has 0 aliphatic rings. The number of aromatic nitrogens is 1. The minimum atomic E-state index is -4.28. The molecule has 0 saturated carbocycles. The Bertz CT molecular complexity index is 589. The molecule has 0 aliphatic carbocycles. The summed E-state index contributed by atoms with van der Waals surface area (Å²) in [6, 6.07) is 7.52. The predicted molar refractivity (Wildman–Crippen MR) is 74.8 cm³/mol. The van der Waals surface area contributed by atoms with E-state index in [-0.39, 0.29) is 13.2 Å². The first-order chi connectivity index (χ1) is 9.46. The molecule has 2 rings (SSSR count). The molecular weight excluding hydrogens is 337 g/mol. The van der Waals surface area contributed by atoms with Crippen LogP contribution in [-0.4, -0.2) is 30.9 Å². The summed E-state index contributed by atoms with van der Waals surface area (Å²) in [6.45, 7) is -0.964. The van der Waals surface area contributed by atoms with Crippen LogP contribution in [-0.2, 0) is 4.74 Å². The average molecular weight is 349 g/mol. The van der Waals surface area contributed by atoms with Crippen molar-refractivity contribution < 1.29 is 17.9 Å². The van der Waals surface area contributed by atoms with Crippen LogP contribution >= 0.6 is 15.9 Å². The predicted octanol–water partition coefficient (Wildman–Crippen LogP) is 3.99. The van der Waals surface area contributed by atoms with E-state index in [9.17, 15) is 13.2 Å². The van der Waals surface area contributed by atoms with Gasteiger partial charge >= 0.3 is 6.18 Å². The first kappa shape index (κ1) is 15.1. The van der Waals surface area contributed by atoms with Gasteiger partial charge in [0.1, 0.15) is 6.61 Å². The summed E-state index contributed by atoms with van der Waals surface area (Å²) in [7, 11) is 0. The zero-order chi connectivity index (χ0) is 14.6. The maximum atomic E-state index is 11.9. The molecule has 0 saturated heterocycles. The van der Waals surface area contributed by atoms with Crippen LogP contribution in [0.4, 0.5) is 18.9 Å². The number of benzene rings is 1. The molecule has 1 N–H and O–H groups in total. The molecule has 1 aromatic carbocycles. The van der Waals surface area contributed by atoms with Crippen molar-refractivity contribution in [2.75, 3.05) is 25.1 Å². The Morgan fingerprint density at radius 2 is 2.10 bits per heavy atom. The van der Waals surface area contributed by atoms with Crippen molar-refractivity contribution in [3.8, 4) is 0 Å². The number of nitrogens with zero attached hydrogens (tertiary/aromatic N) is 1. The normalized spacial score (nSPS) is 11.8. The Balaban J connectivity index is 1.93. The second-order valence-electron chi connectivity index (χ2n) is 4.13. The van der Waals surface area contributed by atoms with Gasteiger partial charge < -0.3 is 10.1 Å². The Labute approximate surface area is 122 Å². The average Bonchev–Trinajstić information content (AvgIpc) is 2.36. The SMILES string of the molecule is FC(F)(F)COCCNc1cccc2cc(Br)cnc12. The molecule has 1 aromatic heterocycles. The molecule has 0 bridgehead atoms. The minimum absolute atomic E-state index is 0.0214. The largest absolute Gasteiger partial charge is 0.411 e. The summed E-state index contributed by atoms with van der Waals surface area (Å²) >= 11 is 3.34. The molecule has 0 spiro atoms. The smallest absolute Gasteiger partial charge is 0.381 e.